The van der Waals surface area contributed by atoms with Crippen molar-refractivity contribution >= 4 is 33.2 Å². The van der Waals surface area contributed by atoms with Crippen molar-refractivity contribution in [3.63, 3.8) is 0 Å². The second-order valence-corrected chi connectivity index (χ2v) is 12.0. The molecule has 2 aromatic carbocycles. The molecule has 192 valence electrons. The number of piperazine rings is 1. The lowest BCUT2D eigenvalue weighted by Crippen LogP contribution is -2.52. The zero-order valence-corrected chi connectivity index (χ0v) is 21.8. The number of benzene rings is 2. The van der Waals surface area contributed by atoms with E-state index in [1.54, 1.807) is 23.1 Å². The fourth-order valence-corrected chi connectivity index (χ4v) is 7.34. The lowest BCUT2D eigenvalue weighted by molar-refractivity contribution is -0.137. The molecule has 2 saturated heterocycles. The van der Waals surface area contributed by atoms with Crippen LogP contribution < -0.4 is 9.80 Å². The Kier molecular flexibility index (Phi) is 6.78. The first kappa shape index (κ1) is 24.8. The highest BCUT2D eigenvalue weighted by Gasteiger charge is 2.36. The highest BCUT2D eigenvalue weighted by molar-refractivity contribution is 7.89. The fraction of sp³-hybridized carbons (Fsp3) is 0.481. The van der Waals surface area contributed by atoms with Gasteiger partial charge in [-0.3, -0.25) is 9.59 Å². The average molecular weight is 511 g/mol. The number of piperidine rings is 1. The van der Waals surface area contributed by atoms with Crippen LogP contribution in [0.5, 0.6) is 0 Å². The van der Waals surface area contributed by atoms with Gasteiger partial charge in [0.25, 0.3) is 0 Å². The number of para-hydroxylation sites is 1. The number of amides is 2. The quantitative estimate of drug-likeness (QED) is 0.632. The van der Waals surface area contributed by atoms with E-state index >= 15 is 0 Å². The van der Waals surface area contributed by atoms with E-state index in [9.17, 15) is 18.0 Å². The molecule has 3 aliphatic rings. The molecule has 0 bridgehead atoms. The van der Waals surface area contributed by atoms with Crippen molar-refractivity contribution in [1.29, 1.82) is 0 Å². The van der Waals surface area contributed by atoms with Gasteiger partial charge in [-0.25, -0.2) is 8.42 Å². The summed E-state index contributed by atoms with van der Waals surface area (Å²) >= 11 is 0. The monoisotopic (exact) mass is 510 g/mol. The van der Waals surface area contributed by atoms with Gasteiger partial charge in [-0.2, -0.15) is 4.31 Å². The third-order valence-electron chi connectivity index (χ3n) is 7.76. The molecule has 0 radical (unpaired) electrons. The van der Waals surface area contributed by atoms with Crippen molar-refractivity contribution in [3.8, 4) is 0 Å². The van der Waals surface area contributed by atoms with E-state index in [2.05, 4.69) is 17.0 Å². The number of carbonyl (C=O) groups is 2. The molecule has 0 aliphatic carbocycles. The summed E-state index contributed by atoms with van der Waals surface area (Å²) in [5.41, 5.74) is 2.86. The number of sulfonamides is 1. The van der Waals surface area contributed by atoms with Crippen LogP contribution in [0.2, 0.25) is 0 Å². The molecule has 2 fully saturated rings. The van der Waals surface area contributed by atoms with Crippen LogP contribution in [0.4, 0.5) is 11.4 Å². The van der Waals surface area contributed by atoms with Gasteiger partial charge >= 0.3 is 0 Å². The third-order valence-corrected chi connectivity index (χ3v) is 9.65. The van der Waals surface area contributed by atoms with Gasteiger partial charge in [0.1, 0.15) is 0 Å². The largest absolute Gasteiger partial charge is 0.368 e. The maximum atomic E-state index is 13.4. The molecule has 36 heavy (non-hydrogen) atoms. The second-order valence-electron chi connectivity index (χ2n) is 10.1. The van der Waals surface area contributed by atoms with E-state index in [0.29, 0.717) is 45.4 Å². The summed E-state index contributed by atoms with van der Waals surface area (Å²) < 4.78 is 28.3. The summed E-state index contributed by atoms with van der Waals surface area (Å²) in [4.78, 5) is 31.4. The molecule has 0 spiro atoms. The molecule has 5 rings (SSSR count). The Hall–Kier alpha value is -2.91. The fourth-order valence-electron chi connectivity index (χ4n) is 5.82. The summed E-state index contributed by atoms with van der Waals surface area (Å²) in [6.45, 7) is 7.19. The predicted octanol–water partition coefficient (Wildman–Crippen LogP) is 2.73. The summed E-state index contributed by atoms with van der Waals surface area (Å²) in [5, 5.41) is 0. The number of fused-ring (bicyclic) bond motifs is 1. The Morgan fingerprint density at radius 2 is 1.56 bits per heavy atom. The molecule has 2 aromatic rings. The standard InChI is InChI=1S/C27H34N4O4S/c1-20-18-23-19-25(8-9-26(23)31(20)21(2)32)36(34,35)30-12-10-22(11-13-30)27(33)29-16-14-28(15-17-29)24-6-4-3-5-7-24/h3-9,19-20,22H,10-18H2,1-2H3. The van der Waals surface area contributed by atoms with Gasteiger partial charge in [0, 0.05) is 69.5 Å². The first-order valence-corrected chi connectivity index (χ1v) is 14.2. The number of carbonyl (C=O) groups excluding carboxylic acids is 2. The maximum absolute atomic E-state index is 13.4. The highest BCUT2D eigenvalue weighted by Crippen LogP contribution is 2.35. The summed E-state index contributed by atoms with van der Waals surface area (Å²) in [5.74, 6) is -0.0228. The number of hydrogen-bond donors (Lipinski definition) is 0. The van der Waals surface area contributed by atoms with Crippen molar-refractivity contribution in [2.75, 3.05) is 49.1 Å². The zero-order valence-electron chi connectivity index (χ0n) is 21.0. The van der Waals surface area contributed by atoms with Gasteiger partial charge < -0.3 is 14.7 Å². The van der Waals surface area contributed by atoms with Gasteiger partial charge in [-0.05, 0) is 62.1 Å². The molecule has 3 aliphatic heterocycles. The lowest BCUT2D eigenvalue weighted by Gasteiger charge is -2.39. The van der Waals surface area contributed by atoms with Crippen molar-refractivity contribution in [2.45, 2.75) is 44.0 Å². The van der Waals surface area contributed by atoms with E-state index < -0.39 is 10.0 Å². The van der Waals surface area contributed by atoms with Crippen LogP contribution in [0, 0.1) is 5.92 Å². The number of rotatable bonds is 4. The Labute approximate surface area is 213 Å². The SMILES string of the molecule is CC(=O)N1c2ccc(S(=O)(=O)N3CCC(C(=O)N4CCN(c5ccccc5)CC4)CC3)cc2CC1C. The van der Waals surface area contributed by atoms with Gasteiger partial charge in [0.05, 0.1) is 4.90 Å². The van der Waals surface area contributed by atoms with Crippen molar-refractivity contribution < 1.29 is 18.0 Å². The molecule has 0 N–H and O–H groups in total. The minimum absolute atomic E-state index is 0.0202. The van der Waals surface area contributed by atoms with E-state index in [-0.39, 0.29) is 28.7 Å². The minimum atomic E-state index is -3.65. The molecule has 1 unspecified atom stereocenters. The molecule has 2 amide bonds. The van der Waals surface area contributed by atoms with Crippen LogP contribution in [0.15, 0.2) is 53.4 Å². The molecule has 0 saturated carbocycles. The maximum Gasteiger partial charge on any atom is 0.243 e. The van der Waals surface area contributed by atoms with E-state index in [4.69, 9.17) is 0 Å². The molecular weight excluding hydrogens is 476 g/mol. The van der Waals surface area contributed by atoms with Crippen molar-refractivity contribution in [3.05, 3.63) is 54.1 Å². The first-order valence-electron chi connectivity index (χ1n) is 12.8. The smallest absolute Gasteiger partial charge is 0.243 e. The van der Waals surface area contributed by atoms with Crippen LogP contribution in [-0.4, -0.2) is 74.7 Å². The van der Waals surface area contributed by atoms with Gasteiger partial charge in [-0.1, -0.05) is 18.2 Å². The van der Waals surface area contributed by atoms with Crippen molar-refractivity contribution in [2.24, 2.45) is 5.92 Å². The Morgan fingerprint density at radius 1 is 0.889 bits per heavy atom. The molecule has 0 aromatic heterocycles. The Bertz CT molecular complexity index is 1230. The van der Waals surface area contributed by atoms with Gasteiger partial charge in [-0.15, -0.1) is 0 Å². The van der Waals surface area contributed by atoms with Crippen LogP contribution >= 0.6 is 0 Å². The van der Waals surface area contributed by atoms with E-state index in [1.165, 1.54) is 16.9 Å². The van der Waals surface area contributed by atoms with Gasteiger partial charge in [0.15, 0.2) is 0 Å². The van der Waals surface area contributed by atoms with Crippen LogP contribution in [0.3, 0.4) is 0 Å². The van der Waals surface area contributed by atoms with Crippen LogP contribution in [-0.2, 0) is 26.0 Å². The molecule has 8 nitrogen and oxygen atoms in total. The minimum Gasteiger partial charge on any atom is -0.368 e. The summed E-state index contributed by atoms with van der Waals surface area (Å²) in [6.07, 6.45) is 1.72. The molecule has 1 atom stereocenters. The van der Waals surface area contributed by atoms with Gasteiger partial charge in [0.2, 0.25) is 21.8 Å². The molecular formula is C27H34N4O4S. The normalized spacial score (nSPS) is 21.5. The summed E-state index contributed by atoms with van der Waals surface area (Å²) in [7, 11) is -3.65. The second kappa shape index (κ2) is 9.86. The van der Waals surface area contributed by atoms with Crippen LogP contribution in [0.25, 0.3) is 0 Å². The number of nitrogens with zero attached hydrogens (tertiary/aromatic N) is 4. The first-order chi connectivity index (χ1) is 17.3. The average Bonchev–Trinajstić information content (AvgIpc) is 3.24. The summed E-state index contributed by atoms with van der Waals surface area (Å²) in [6, 6.07) is 15.3. The van der Waals surface area contributed by atoms with Crippen LogP contribution in [0.1, 0.15) is 32.3 Å². The van der Waals surface area contributed by atoms with Crippen molar-refractivity contribution in [1.82, 2.24) is 9.21 Å². The molecule has 9 heteroatoms. The highest BCUT2D eigenvalue weighted by atomic mass is 32.2. The third kappa shape index (κ3) is 4.62. The predicted molar refractivity (Wildman–Crippen MR) is 139 cm³/mol. The van der Waals surface area contributed by atoms with E-state index in [1.807, 2.05) is 30.0 Å². The Balaban J connectivity index is 1.18. The Morgan fingerprint density at radius 3 is 2.19 bits per heavy atom. The van der Waals surface area contributed by atoms with E-state index in [0.717, 1.165) is 24.3 Å². The lowest BCUT2D eigenvalue weighted by atomic mass is 9.96. The topological polar surface area (TPSA) is 81.2 Å². The number of hydrogen-bond acceptors (Lipinski definition) is 5. The molecule has 3 heterocycles. The number of anilines is 2. The zero-order chi connectivity index (χ0) is 25.4.